The molecule has 4 heterocycles. The topological polar surface area (TPSA) is 114 Å². The van der Waals surface area contributed by atoms with Gasteiger partial charge in [-0.15, -0.1) is 11.3 Å². The number of rotatable bonds is 4. The number of anilines is 1. The maximum Gasteiger partial charge on any atom is 0.326 e. The lowest BCUT2D eigenvalue weighted by Crippen LogP contribution is -2.45. The molecule has 1 aliphatic heterocycles. The van der Waals surface area contributed by atoms with E-state index in [1.807, 2.05) is 12.1 Å². The average Bonchev–Trinajstić information content (AvgIpc) is 3.11. The SMILES string of the molecule is CNC(=O)c1ccc(N2CCN(Cc3cc4[nH]c(=O)[nH]c(=O)c4s3)CC2)cn1. The standard InChI is InChI=1S/C18H20N6O3S/c1-19-16(25)13-3-2-11(9-20-13)24-6-4-23(5-7-24)10-12-8-14-15(28-12)17(26)22-18(27)21-14/h2-3,8-9H,4-7,10H2,1H3,(H,19,25)(H2,21,22,26,27). The highest BCUT2D eigenvalue weighted by Gasteiger charge is 2.19. The van der Waals surface area contributed by atoms with Crippen LogP contribution in [0.2, 0.25) is 0 Å². The summed E-state index contributed by atoms with van der Waals surface area (Å²) in [6.45, 7) is 4.19. The molecular formula is C18H20N6O3S. The van der Waals surface area contributed by atoms with Crippen molar-refractivity contribution in [2.45, 2.75) is 6.54 Å². The highest BCUT2D eigenvalue weighted by atomic mass is 32.1. The smallest absolute Gasteiger partial charge is 0.326 e. The number of H-pyrrole nitrogens is 2. The van der Waals surface area contributed by atoms with Crippen LogP contribution in [0.4, 0.5) is 5.69 Å². The van der Waals surface area contributed by atoms with Crippen LogP contribution in [0.3, 0.4) is 0 Å². The van der Waals surface area contributed by atoms with E-state index in [0.717, 1.165) is 43.3 Å². The van der Waals surface area contributed by atoms with Crippen LogP contribution in [0, 0.1) is 0 Å². The van der Waals surface area contributed by atoms with Gasteiger partial charge in [0.05, 0.1) is 17.4 Å². The summed E-state index contributed by atoms with van der Waals surface area (Å²) in [6.07, 6.45) is 1.73. The van der Waals surface area contributed by atoms with Crippen LogP contribution in [0.25, 0.3) is 10.2 Å². The maximum atomic E-state index is 11.9. The maximum absolute atomic E-state index is 11.9. The molecule has 4 rings (SSSR count). The van der Waals surface area contributed by atoms with Gasteiger partial charge in [-0.2, -0.15) is 0 Å². The predicted octanol–water partition coefficient (Wildman–Crippen LogP) is 0.355. The van der Waals surface area contributed by atoms with Crippen molar-refractivity contribution >= 4 is 33.1 Å². The number of pyridine rings is 1. The number of thiophene rings is 1. The van der Waals surface area contributed by atoms with Gasteiger partial charge < -0.3 is 15.2 Å². The summed E-state index contributed by atoms with van der Waals surface area (Å²) in [5.74, 6) is -0.195. The Labute approximate surface area is 164 Å². The van der Waals surface area contributed by atoms with Crippen LogP contribution >= 0.6 is 11.3 Å². The van der Waals surface area contributed by atoms with Crippen molar-refractivity contribution in [3.63, 3.8) is 0 Å². The Hall–Kier alpha value is -2.98. The van der Waals surface area contributed by atoms with Gasteiger partial charge in [0.2, 0.25) is 0 Å². The summed E-state index contributed by atoms with van der Waals surface area (Å²) in [5, 5.41) is 2.56. The van der Waals surface area contributed by atoms with Crippen LogP contribution in [0.1, 0.15) is 15.4 Å². The molecule has 3 aromatic rings. The number of amides is 1. The molecule has 1 saturated heterocycles. The second kappa shape index (κ2) is 7.56. The Kier molecular flexibility index (Phi) is 4.97. The fourth-order valence-corrected chi connectivity index (χ4v) is 4.36. The van der Waals surface area contributed by atoms with Crippen LogP contribution in [0.15, 0.2) is 34.0 Å². The molecule has 1 amide bonds. The van der Waals surface area contributed by atoms with Crippen molar-refractivity contribution in [3.8, 4) is 0 Å². The molecule has 1 fully saturated rings. The molecule has 146 valence electrons. The molecular weight excluding hydrogens is 380 g/mol. The van der Waals surface area contributed by atoms with Gasteiger partial charge in [0, 0.05) is 44.6 Å². The molecule has 10 heteroatoms. The van der Waals surface area contributed by atoms with Gasteiger partial charge in [0.25, 0.3) is 11.5 Å². The third kappa shape index (κ3) is 3.69. The van der Waals surface area contributed by atoms with E-state index < -0.39 is 5.69 Å². The second-order valence-corrected chi connectivity index (χ2v) is 7.74. The number of nitrogens with one attached hydrogen (secondary N) is 3. The first-order valence-electron chi connectivity index (χ1n) is 8.94. The molecule has 0 atom stereocenters. The highest BCUT2D eigenvalue weighted by molar-refractivity contribution is 7.18. The van der Waals surface area contributed by atoms with Gasteiger partial charge in [-0.05, 0) is 18.2 Å². The van der Waals surface area contributed by atoms with Crippen molar-refractivity contribution in [2.24, 2.45) is 0 Å². The lowest BCUT2D eigenvalue weighted by molar-refractivity contribution is 0.0958. The number of carbonyl (C=O) groups is 1. The molecule has 0 radical (unpaired) electrons. The third-order valence-corrected chi connectivity index (χ3v) is 5.91. The van der Waals surface area contributed by atoms with Gasteiger partial charge in [-0.1, -0.05) is 0 Å². The van der Waals surface area contributed by atoms with E-state index in [0.29, 0.717) is 15.9 Å². The van der Waals surface area contributed by atoms with Crippen molar-refractivity contribution < 1.29 is 4.79 Å². The zero-order chi connectivity index (χ0) is 19.7. The van der Waals surface area contributed by atoms with E-state index in [4.69, 9.17) is 0 Å². The molecule has 3 aromatic heterocycles. The minimum absolute atomic E-state index is 0.195. The van der Waals surface area contributed by atoms with Crippen LogP contribution < -0.4 is 21.5 Å². The van der Waals surface area contributed by atoms with E-state index in [-0.39, 0.29) is 11.5 Å². The average molecular weight is 400 g/mol. The van der Waals surface area contributed by atoms with E-state index in [1.54, 1.807) is 19.3 Å². The fourth-order valence-electron chi connectivity index (χ4n) is 3.32. The third-order valence-electron chi connectivity index (χ3n) is 4.79. The Morgan fingerprint density at radius 2 is 2.00 bits per heavy atom. The molecule has 28 heavy (non-hydrogen) atoms. The lowest BCUT2D eigenvalue weighted by atomic mass is 10.2. The van der Waals surface area contributed by atoms with Gasteiger partial charge >= 0.3 is 5.69 Å². The molecule has 0 aromatic carbocycles. The van der Waals surface area contributed by atoms with Gasteiger partial charge in [-0.25, -0.2) is 9.78 Å². The molecule has 9 nitrogen and oxygen atoms in total. The van der Waals surface area contributed by atoms with Crippen molar-refractivity contribution in [1.82, 2.24) is 25.2 Å². The number of fused-ring (bicyclic) bond motifs is 1. The van der Waals surface area contributed by atoms with Gasteiger partial charge in [-0.3, -0.25) is 19.5 Å². The summed E-state index contributed by atoms with van der Waals surface area (Å²) in [7, 11) is 1.58. The Bertz CT molecular complexity index is 1110. The summed E-state index contributed by atoms with van der Waals surface area (Å²) in [4.78, 5) is 49.6. The number of aromatic amines is 2. The number of nitrogens with zero attached hydrogens (tertiary/aromatic N) is 3. The number of hydrogen-bond donors (Lipinski definition) is 3. The number of aromatic nitrogens is 3. The normalized spacial score (nSPS) is 15.1. The lowest BCUT2D eigenvalue weighted by Gasteiger charge is -2.35. The minimum atomic E-state index is -0.480. The first kappa shape index (κ1) is 18.4. The summed E-state index contributed by atoms with van der Waals surface area (Å²) < 4.78 is 0.551. The molecule has 0 bridgehead atoms. The summed E-state index contributed by atoms with van der Waals surface area (Å²) >= 11 is 1.41. The minimum Gasteiger partial charge on any atom is -0.368 e. The highest BCUT2D eigenvalue weighted by Crippen LogP contribution is 2.23. The first-order valence-corrected chi connectivity index (χ1v) is 9.75. The predicted molar refractivity (Wildman–Crippen MR) is 108 cm³/mol. The molecule has 0 aliphatic carbocycles. The van der Waals surface area contributed by atoms with E-state index in [9.17, 15) is 14.4 Å². The zero-order valence-electron chi connectivity index (χ0n) is 15.3. The zero-order valence-corrected chi connectivity index (χ0v) is 16.1. The quantitative estimate of drug-likeness (QED) is 0.583. The number of piperazine rings is 1. The van der Waals surface area contributed by atoms with Crippen LogP contribution in [0.5, 0.6) is 0 Å². The monoisotopic (exact) mass is 400 g/mol. The molecule has 3 N–H and O–H groups in total. The fraction of sp³-hybridized carbons (Fsp3) is 0.333. The number of hydrogen-bond acceptors (Lipinski definition) is 7. The first-order chi connectivity index (χ1) is 13.5. The van der Waals surface area contributed by atoms with Crippen LogP contribution in [-0.2, 0) is 6.54 Å². The van der Waals surface area contributed by atoms with Gasteiger partial charge in [0.15, 0.2) is 0 Å². The summed E-state index contributed by atoms with van der Waals surface area (Å²) in [6, 6.07) is 5.53. The van der Waals surface area contributed by atoms with Crippen LogP contribution in [-0.4, -0.2) is 59.0 Å². The van der Waals surface area contributed by atoms with Crippen molar-refractivity contribution in [3.05, 3.63) is 55.8 Å². The second-order valence-electron chi connectivity index (χ2n) is 6.61. The van der Waals surface area contributed by atoms with Crippen molar-refractivity contribution in [2.75, 3.05) is 38.1 Å². The Morgan fingerprint density at radius 1 is 1.21 bits per heavy atom. The Morgan fingerprint density at radius 3 is 2.68 bits per heavy atom. The molecule has 1 aliphatic rings. The summed E-state index contributed by atoms with van der Waals surface area (Å²) in [5.41, 5.74) is 1.18. The van der Waals surface area contributed by atoms with E-state index in [2.05, 4.69) is 30.1 Å². The van der Waals surface area contributed by atoms with Crippen molar-refractivity contribution in [1.29, 1.82) is 0 Å². The van der Waals surface area contributed by atoms with E-state index in [1.165, 1.54) is 11.3 Å². The molecule has 0 saturated carbocycles. The molecule has 0 unspecified atom stereocenters. The van der Waals surface area contributed by atoms with E-state index >= 15 is 0 Å². The molecule has 0 spiro atoms. The largest absolute Gasteiger partial charge is 0.368 e. The number of carbonyl (C=O) groups excluding carboxylic acids is 1. The van der Waals surface area contributed by atoms with Gasteiger partial charge in [0.1, 0.15) is 10.4 Å². The Balaban J connectivity index is 1.39.